The van der Waals surface area contributed by atoms with Gasteiger partial charge in [0, 0.05) is 17.3 Å². The number of hydrogen-bond donors (Lipinski definition) is 2. The van der Waals surface area contributed by atoms with E-state index < -0.39 is 18.0 Å². The Morgan fingerprint density at radius 3 is 2.90 bits per heavy atom. The van der Waals surface area contributed by atoms with E-state index in [2.05, 4.69) is 15.5 Å². The van der Waals surface area contributed by atoms with Gasteiger partial charge < -0.3 is 20.3 Å². The van der Waals surface area contributed by atoms with Crippen molar-refractivity contribution in [3.05, 3.63) is 53.1 Å². The number of nitrogens with zero attached hydrogens (tertiary/aromatic N) is 1. The minimum absolute atomic E-state index is 0.0604. The van der Waals surface area contributed by atoms with Crippen molar-refractivity contribution in [1.29, 1.82) is 0 Å². The highest BCUT2D eigenvalue weighted by molar-refractivity contribution is 6.30. The molecule has 0 aromatic heterocycles. The molecule has 0 bridgehead atoms. The summed E-state index contributed by atoms with van der Waals surface area (Å²) in [5, 5.41) is 6.01. The largest absolute Gasteiger partial charge is 0.449 e. The molecule has 1 fully saturated rings. The van der Waals surface area contributed by atoms with Crippen LogP contribution in [0.25, 0.3) is 0 Å². The van der Waals surface area contributed by atoms with Gasteiger partial charge >= 0.3 is 5.97 Å². The predicted molar refractivity (Wildman–Crippen MR) is 110 cm³/mol. The van der Waals surface area contributed by atoms with Crippen LogP contribution in [-0.4, -0.2) is 36.5 Å². The lowest BCUT2D eigenvalue weighted by molar-refractivity contribution is -0.123. The molecule has 2 atom stereocenters. The average molecular weight is 414 g/mol. The Hall–Kier alpha value is -3.06. The van der Waals surface area contributed by atoms with Gasteiger partial charge in [-0.05, 0) is 56.2 Å². The van der Waals surface area contributed by atoms with Crippen molar-refractivity contribution in [3.8, 4) is 0 Å². The maximum Gasteiger partial charge on any atom is 0.338 e. The van der Waals surface area contributed by atoms with E-state index in [1.54, 1.807) is 42.5 Å². The summed E-state index contributed by atoms with van der Waals surface area (Å²) < 4.78 is 5.29. The monoisotopic (exact) mass is 413 g/mol. The maximum absolute atomic E-state index is 12.5. The van der Waals surface area contributed by atoms with Crippen LogP contribution in [0.1, 0.15) is 30.1 Å². The van der Waals surface area contributed by atoms with Crippen molar-refractivity contribution >= 4 is 46.4 Å². The van der Waals surface area contributed by atoms with Crippen molar-refractivity contribution in [2.45, 2.75) is 31.9 Å². The van der Waals surface area contributed by atoms with Crippen LogP contribution in [0.3, 0.4) is 0 Å². The van der Waals surface area contributed by atoms with Gasteiger partial charge in [0.25, 0.3) is 5.91 Å². The first-order valence-corrected chi connectivity index (χ1v) is 9.79. The van der Waals surface area contributed by atoms with Crippen molar-refractivity contribution in [2.24, 2.45) is 0 Å². The topological polar surface area (TPSA) is 87.7 Å². The van der Waals surface area contributed by atoms with E-state index in [0.717, 1.165) is 25.1 Å². The Balaban J connectivity index is 1.44. The summed E-state index contributed by atoms with van der Waals surface area (Å²) >= 11 is 5.90. The van der Waals surface area contributed by atoms with E-state index in [1.165, 1.54) is 6.92 Å². The molecule has 0 radical (unpaired) electrons. The van der Waals surface area contributed by atoms with Gasteiger partial charge in [-0.3, -0.25) is 9.59 Å². The number of hydrogen-bond acceptors (Lipinski definition) is 5. The Labute approximate surface area is 173 Å². The molecule has 0 spiro atoms. The molecule has 4 rings (SSSR count). The van der Waals surface area contributed by atoms with Crippen LogP contribution in [0, 0.1) is 0 Å². The first-order chi connectivity index (χ1) is 13.9. The van der Waals surface area contributed by atoms with Crippen LogP contribution in [0.15, 0.2) is 42.5 Å². The number of fused-ring (bicyclic) bond motifs is 3. The molecule has 29 heavy (non-hydrogen) atoms. The lowest BCUT2D eigenvalue weighted by atomic mass is 10.1. The molecule has 2 aliphatic rings. The molecule has 0 aliphatic carbocycles. The third kappa shape index (κ3) is 3.91. The van der Waals surface area contributed by atoms with E-state index in [-0.39, 0.29) is 17.5 Å². The lowest BCUT2D eigenvalue weighted by Gasteiger charge is -2.33. The van der Waals surface area contributed by atoms with Crippen LogP contribution >= 0.6 is 11.6 Å². The number of nitrogens with one attached hydrogen (secondary N) is 2. The zero-order valence-corrected chi connectivity index (χ0v) is 16.5. The van der Waals surface area contributed by atoms with Gasteiger partial charge in [-0.1, -0.05) is 17.7 Å². The fourth-order valence-corrected chi connectivity index (χ4v) is 3.84. The molecular weight excluding hydrogens is 394 g/mol. The number of ether oxygens (including phenoxy) is 1. The first-order valence-electron chi connectivity index (χ1n) is 9.41. The van der Waals surface area contributed by atoms with Crippen LogP contribution in [0.2, 0.25) is 5.02 Å². The summed E-state index contributed by atoms with van der Waals surface area (Å²) in [6, 6.07) is 11.6. The van der Waals surface area contributed by atoms with Crippen LogP contribution in [0.4, 0.5) is 17.1 Å². The van der Waals surface area contributed by atoms with E-state index in [1.807, 2.05) is 0 Å². The molecule has 1 saturated heterocycles. The summed E-state index contributed by atoms with van der Waals surface area (Å²) in [4.78, 5) is 39.1. The van der Waals surface area contributed by atoms with Crippen molar-refractivity contribution in [3.63, 3.8) is 0 Å². The summed E-state index contributed by atoms with van der Waals surface area (Å²) in [6.45, 7) is 2.31. The van der Waals surface area contributed by atoms with Crippen molar-refractivity contribution in [2.75, 3.05) is 22.1 Å². The van der Waals surface area contributed by atoms with Crippen LogP contribution in [-0.2, 0) is 14.3 Å². The first kappa shape index (κ1) is 19.3. The standard InChI is InChI=1S/C21H20ClN3O4/c1-12(19(26)23-15-5-2-4-14(22)11-15)29-21(28)13-7-8-17-16(10-13)24-20(27)18-6-3-9-25(17)18/h2,4-5,7-8,10-12,18H,3,6,9H2,1H3,(H,23,26)(H,24,27)/t12-,18-/m1/s1. The fourth-order valence-electron chi connectivity index (χ4n) is 3.65. The highest BCUT2D eigenvalue weighted by Crippen LogP contribution is 2.37. The van der Waals surface area contributed by atoms with Gasteiger partial charge in [-0.25, -0.2) is 4.79 Å². The van der Waals surface area contributed by atoms with E-state index in [9.17, 15) is 14.4 Å². The van der Waals surface area contributed by atoms with E-state index in [4.69, 9.17) is 16.3 Å². The number of benzene rings is 2. The van der Waals surface area contributed by atoms with Crippen molar-refractivity contribution < 1.29 is 19.1 Å². The Morgan fingerprint density at radius 2 is 2.10 bits per heavy atom. The zero-order valence-electron chi connectivity index (χ0n) is 15.8. The van der Waals surface area contributed by atoms with Gasteiger partial charge in [0.2, 0.25) is 5.91 Å². The molecule has 2 aromatic rings. The molecule has 2 aliphatic heterocycles. The second kappa shape index (κ2) is 7.75. The lowest BCUT2D eigenvalue weighted by Crippen LogP contribution is -2.43. The van der Waals surface area contributed by atoms with Crippen LogP contribution < -0.4 is 15.5 Å². The minimum Gasteiger partial charge on any atom is -0.449 e. The number of amides is 2. The zero-order chi connectivity index (χ0) is 20.5. The fraction of sp³-hybridized carbons (Fsp3) is 0.286. The third-order valence-corrected chi connectivity index (χ3v) is 5.34. The highest BCUT2D eigenvalue weighted by Gasteiger charge is 2.36. The SMILES string of the molecule is C[C@@H](OC(=O)c1ccc2c(c1)NC(=O)[C@H]1CCCN21)C(=O)Nc1cccc(Cl)c1. The molecule has 2 N–H and O–H groups in total. The molecule has 2 amide bonds. The van der Waals surface area contributed by atoms with E-state index >= 15 is 0 Å². The van der Waals surface area contributed by atoms with Gasteiger partial charge in [0.1, 0.15) is 6.04 Å². The Morgan fingerprint density at radius 1 is 1.28 bits per heavy atom. The summed E-state index contributed by atoms with van der Waals surface area (Å²) in [6.07, 6.45) is 0.782. The number of carbonyl (C=O) groups excluding carboxylic acids is 3. The summed E-state index contributed by atoms with van der Waals surface area (Å²) in [5.74, 6) is -1.17. The van der Waals surface area contributed by atoms with Crippen molar-refractivity contribution in [1.82, 2.24) is 0 Å². The second-order valence-electron chi connectivity index (χ2n) is 7.12. The number of anilines is 3. The number of esters is 1. The molecule has 150 valence electrons. The van der Waals surface area contributed by atoms with Gasteiger partial charge in [-0.2, -0.15) is 0 Å². The second-order valence-corrected chi connectivity index (χ2v) is 7.56. The molecule has 8 heteroatoms. The van der Waals surface area contributed by atoms with Crippen LogP contribution in [0.5, 0.6) is 0 Å². The summed E-state index contributed by atoms with van der Waals surface area (Å²) in [5.41, 5.74) is 2.26. The Kier molecular flexibility index (Phi) is 5.15. The normalized spacial score (nSPS) is 18.3. The molecule has 2 aromatic carbocycles. The molecule has 7 nitrogen and oxygen atoms in total. The smallest absolute Gasteiger partial charge is 0.338 e. The van der Waals surface area contributed by atoms with E-state index in [0.29, 0.717) is 16.4 Å². The Bertz CT molecular complexity index is 994. The van der Waals surface area contributed by atoms with Gasteiger partial charge in [0.15, 0.2) is 6.10 Å². The van der Waals surface area contributed by atoms with Gasteiger partial charge in [0.05, 0.1) is 16.9 Å². The van der Waals surface area contributed by atoms with Gasteiger partial charge in [-0.15, -0.1) is 0 Å². The number of halogens is 1. The number of rotatable bonds is 4. The molecule has 2 heterocycles. The summed E-state index contributed by atoms with van der Waals surface area (Å²) in [7, 11) is 0. The predicted octanol–water partition coefficient (Wildman–Crippen LogP) is 3.44. The highest BCUT2D eigenvalue weighted by atomic mass is 35.5. The minimum atomic E-state index is -1.00. The molecule has 0 unspecified atom stereocenters. The molecule has 0 saturated carbocycles. The average Bonchev–Trinajstić information content (AvgIpc) is 3.18. The number of carbonyl (C=O) groups is 3. The molecular formula is C21H20ClN3O4. The maximum atomic E-state index is 12.5. The quantitative estimate of drug-likeness (QED) is 0.749. The third-order valence-electron chi connectivity index (χ3n) is 5.10.